The standard InChI is InChI=1S/C11H16BrNO2/c1-13-7-8-2-4-9(5-3-8)11(15)10(14)6-12/h2-5,10-11,13-15H,6-7H2,1H3. The Morgan fingerprint density at radius 1 is 1.27 bits per heavy atom. The number of hydrogen-bond donors (Lipinski definition) is 3. The molecule has 0 amide bonds. The molecule has 1 aromatic rings. The molecule has 0 aliphatic rings. The molecule has 0 aromatic heterocycles. The second kappa shape index (κ2) is 6.23. The van der Waals surface area contributed by atoms with Gasteiger partial charge in [0.25, 0.3) is 0 Å². The largest absolute Gasteiger partial charge is 0.389 e. The zero-order chi connectivity index (χ0) is 11.3. The number of hydrogen-bond acceptors (Lipinski definition) is 3. The van der Waals surface area contributed by atoms with E-state index in [4.69, 9.17) is 0 Å². The normalized spacial score (nSPS) is 14.9. The lowest BCUT2D eigenvalue weighted by molar-refractivity contribution is 0.0342. The maximum atomic E-state index is 9.71. The van der Waals surface area contributed by atoms with Gasteiger partial charge >= 0.3 is 0 Å². The van der Waals surface area contributed by atoms with Gasteiger partial charge in [-0.15, -0.1) is 0 Å². The molecule has 0 spiro atoms. The number of alkyl halides is 1. The zero-order valence-corrected chi connectivity index (χ0v) is 10.2. The third kappa shape index (κ3) is 3.57. The van der Waals surface area contributed by atoms with E-state index in [1.165, 1.54) is 0 Å². The van der Waals surface area contributed by atoms with E-state index in [0.29, 0.717) is 5.33 Å². The minimum absolute atomic E-state index is 0.367. The maximum Gasteiger partial charge on any atom is 0.106 e. The van der Waals surface area contributed by atoms with Crippen molar-refractivity contribution in [3.63, 3.8) is 0 Å². The highest BCUT2D eigenvalue weighted by Gasteiger charge is 2.16. The van der Waals surface area contributed by atoms with Gasteiger partial charge < -0.3 is 15.5 Å². The Balaban J connectivity index is 2.70. The molecule has 2 unspecified atom stereocenters. The fraction of sp³-hybridized carbons (Fsp3) is 0.455. The van der Waals surface area contributed by atoms with Gasteiger partial charge in [0.1, 0.15) is 6.10 Å². The summed E-state index contributed by atoms with van der Waals surface area (Å²) in [5.74, 6) is 0. The van der Waals surface area contributed by atoms with Gasteiger partial charge in [0, 0.05) is 11.9 Å². The molecule has 2 atom stereocenters. The topological polar surface area (TPSA) is 52.5 Å². The minimum atomic E-state index is -0.826. The van der Waals surface area contributed by atoms with Gasteiger partial charge in [-0.2, -0.15) is 0 Å². The molecule has 0 heterocycles. The van der Waals surface area contributed by atoms with Gasteiger partial charge in [0.15, 0.2) is 0 Å². The van der Waals surface area contributed by atoms with Crippen molar-refractivity contribution in [2.24, 2.45) is 0 Å². The maximum absolute atomic E-state index is 9.71. The van der Waals surface area contributed by atoms with Crippen LogP contribution in [0.2, 0.25) is 0 Å². The molecule has 84 valence electrons. The molecule has 4 heteroatoms. The van der Waals surface area contributed by atoms with Crippen LogP contribution in [0.1, 0.15) is 17.2 Å². The van der Waals surface area contributed by atoms with E-state index in [0.717, 1.165) is 17.7 Å². The van der Waals surface area contributed by atoms with Crippen molar-refractivity contribution in [3.8, 4) is 0 Å². The highest BCUT2D eigenvalue weighted by atomic mass is 79.9. The molecule has 0 aliphatic heterocycles. The van der Waals surface area contributed by atoms with E-state index in [2.05, 4.69) is 21.2 Å². The first kappa shape index (κ1) is 12.6. The van der Waals surface area contributed by atoms with Crippen molar-refractivity contribution in [2.75, 3.05) is 12.4 Å². The van der Waals surface area contributed by atoms with Gasteiger partial charge in [-0.05, 0) is 18.2 Å². The van der Waals surface area contributed by atoms with Gasteiger partial charge in [-0.1, -0.05) is 40.2 Å². The highest BCUT2D eigenvalue weighted by Crippen LogP contribution is 2.18. The summed E-state index contributed by atoms with van der Waals surface area (Å²) in [6, 6.07) is 7.55. The van der Waals surface area contributed by atoms with Gasteiger partial charge in [-0.25, -0.2) is 0 Å². The third-order valence-electron chi connectivity index (χ3n) is 2.22. The van der Waals surface area contributed by atoms with E-state index in [9.17, 15) is 10.2 Å². The van der Waals surface area contributed by atoms with E-state index < -0.39 is 12.2 Å². The van der Waals surface area contributed by atoms with Gasteiger partial charge in [0.2, 0.25) is 0 Å². The Bertz CT molecular complexity index is 289. The molecule has 1 aromatic carbocycles. The second-order valence-corrected chi connectivity index (χ2v) is 4.09. The number of aliphatic hydroxyl groups is 2. The fourth-order valence-electron chi connectivity index (χ4n) is 1.34. The van der Waals surface area contributed by atoms with Crippen LogP contribution in [0.3, 0.4) is 0 Å². The van der Waals surface area contributed by atoms with Crippen molar-refractivity contribution in [1.82, 2.24) is 5.32 Å². The number of rotatable bonds is 5. The number of benzene rings is 1. The summed E-state index contributed by atoms with van der Waals surface area (Å²) >= 11 is 3.13. The lowest BCUT2D eigenvalue weighted by Gasteiger charge is -2.16. The summed E-state index contributed by atoms with van der Waals surface area (Å²) in [6.07, 6.45) is -1.59. The molecule has 0 fully saturated rings. The number of nitrogens with one attached hydrogen (secondary N) is 1. The van der Waals surface area contributed by atoms with Crippen LogP contribution in [0, 0.1) is 0 Å². The first-order valence-electron chi connectivity index (χ1n) is 4.84. The minimum Gasteiger partial charge on any atom is -0.389 e. The molecular weight excluding hydrogens is 258 g/mol. The van der Waals surface area contributed by atoms with E-state index in [1.54, 1.807) is 0 Å². The Morgan fingerprint density at radius 2 is 1.87 bits per heavy atom. The van der Waals surface area contributed by atoms with E-state index in [1.807, 2.05) is 31.3 Å². The van der Waals surface area contributed by atoms with Crippen LogP contribution in [0.25, 0.3) is 0 Å². The Labute approximate surface area is 98.3 Å². The Hall–Kier alpha value is -0.420. The van der Waals surface area contributed by atoms with Crippen molar-refractivity contribution >= 4 is 15.9 Å². The SMILES string of the molecule is CNCc1ccc(C(O)C(O)CBr)cc1. The molecule has 0 aliphatic carbocycles. The molecule has 0 saturated carbocycles. The highest BCUT2D eigenvalue weighted by molar-refractivity contribution is 9.09. The zero-order valence-electron chi connectivity index (χ0n) is 8.65. The molecule has 15 heavy (non-hydrogen) atoms. The predicted octanol–water partition coefficient (Wildman–Crippen LogP) is 1.20. The van der Waals surface area contributed by atoms with E-state index in [-0.39, 0.29) is 0 Å². The summed E-state index contributed by atoms with van der Waals surface area (Å²) < 4.78 is 0. The van der Waals surface area contributed by atoms with Crippen LogP contribution >= 0.6 is 15.9 Å². The molecule has 0 bridgehead atoms. The first-order chi connectivity index (χ1) is 7.19. The van der Waals surface area contributed by atoms with Crippen molar-refractivity contribution in [2.45, 2.75) is 18.8 Å². The average Bonchev–Trinajstić information content (AvgIpc) is 2.28. The fourth-order valence-corrected chi connectivity index (χ4v) is 1.70. The van der Waals surface area contributed by atoms with Crippen molar-refractivity contribution < 1.29 is 10.2 Å². The van der Waals surface area contributed by atoms with Gasteiger partial charge in [0.05, 0.1) is 6.10 Å². The summed E-state index contributed by atoms with van der Waals surface area (Å²) in [6.45, 7) is 0.803. The molecule has 3 N–H and O–H groups in total. The Kier molecular flexibility index (Phi) is 5.25. The van der Waals surface area contributed by atoms with Gasteiger partial charge in [-0.3, -0.25) is 0 Å². The van der Waals surface area contributed by atoms with Crippen LogP contribution < -0.4 is 5.32 Å². The molecule has 0 saturated heterocycles. The van der Waals surface area contributed by atoms with Crippen molar-refractivity contribution in [3.05, 3.63) is 35.4 Å². The molecule has 3 nitrogen and oxygen atoms in total. The third-order valence-corrected chi connectivity index (χ3v) is 2.89. The van der Waals surface area contributed by atoms with Crippen molar-refractivity contribution in [1.29, 1.82) is 0 Å². The van der Waals surface area contributed by atoms with Crippen LogP contribution in [0.15, 0.2) is 24.3 Å². The van der Waals surface area contributed by atoms with E-state index >= 15 is 0 Å². The monoisotopic (exact) mass is 273 g/mol. The summed E-state index contributed by atoms with van der Waals surface area (Å²) in [4.78, 5) is 0. The molecular formula is C11H16BrNO2. The molecule has 0 radical (unpaired) electrons. The summed E-state index contributed by atoms with van der Waals surface area (Å²) in [5.41, 5.74) is 1.89. The van der Waals surface area contributed by atoms with Crippen LogP contribution in [-0.4, -0.2) is 28.7 Å². The number of halogens is 1. The summed E-state index contributed by atoms with van der Waals surface area (Å²) in [7, 11) is 1.89. The number of aliphatic hydroxyl groups excluding tert-OH is 2. The first-order valence-corrected chi connectivity index (χ1v) is 5.96. The molecule has 1 rings (SSSR count). The van der Waals surface area contributed by atoms with Crippen LogP contribution in [0.4, 0.5) is 0 Å². The summed E-state index contributed by atoms with van der Waals surface area (Å²) in [5, 5.41) is 22.6. The smallest absolute Gasteiger partial charge is 0.106 e. The average molecular weight is 274 g/mol. The second-order valence-electron chi connectivity index (χ2n) is 3.44. The Morgan fingerprint density at radius 3 is 2.33 bits per heavy atom. The lowest BCUT2D eigenvalue weighted by atomic mass is 10.0. The lowest BCUT2D eigenvalue weighted by Crippen LogP contribution is -2.19. The predicted molar refractivity (Wildman–Crippen MR) is 64.0 cm³/mol. The van der Waals surface area contributed by atoms with Crippen LogP contribution in [0.5, 0.6) is 0 Å². The quantitative estimate of drug-likeness (QED) is 0.707. The van der Waals surface area contributed by atoms with Crippen LogP contribution in [-0.2, 0) is 6.54 Å².